The van der Waals surface area contributed by atoms with Gasteiger partial charge in [-0.3, -0.25) is 19.1 Å². The molecule has 3 N–H and O–H groups in total. The lowest BCUT2D eigenvalue weighted by Gasteiger charge is -2.35. The van der Waals surface area contributed by atoms with Gasteiger partial charge in [0.1, 0.15) is 17.7 Å². The molecule has 0 spiro atoms. The summed E-state index contributed by atoms with van der Waals surface area (Å²) in [6, 6.07) is 7.84. The Kier molecular flexibility index (Phi) is 7.84. The number of rotatable bonds is 8. The average molecular weight is 544 g/mol. The molecule has 2 aliphatic heterocycles. The third-order valence-corrected chi connectivity index (χ3v) is 6.82. The predicted molar refractivity (Wildman–Crippen MR) is 140 cm³/mol. The first-order chi connectivity index (χ1) is 18.8. The van der Waals surface area contributed by atoms with Gasteiger partial charge in [0.15, 0.2) is 5.82 Å². The standard InChI is InChI=1S/C25H31F2N9O3/c1-16(24(38)35-8-6-33(7-9-35)15-19(28)37)29-25-31-20(34-10-12-39-13-11-34)14-21(32-25)36-18-5-3-2-4-17(18)30-23(36)22(26)27/h2-5,14,16,22H,6-13,15H2,1H3,(H2,28,37)(H,29,31,32)/t16-/m0/s1. The molecular weight excluding hydrogens is 512 g/mol. The monoisotopic (exact) mass is 543 g/mol. The third-order valence-electron chi connectivity index (χ3n) is 6.82. The van der Waals surface area contributed by atoms with Gasteiger partial charge in [-0.05, 0) is 19.1 Å². The number of imidazole rings is 1. The van der Waals surface area contributed by atoms with Crippen molar-refractivity contribution >= 4 is 34.6 Å². The number of anilines is 2. The smallest absolute Gasteiger partial charge is 0.296 e. The van der Waals surface area contributed by atoms with Gasteiger partial charge in [-0.25, -0.2) is 13.8 Å². The number of halogens is 2. The molecule has 0 unspecified atom stereocenters. The van der Waals surface area contributed by atoms with Crippen molar-refractivity contribution in [2.45, 2.75) is 19.4 Å². The van der Waals surface area contributed by atoms with E-state index in [9.17, 15) is 18.4 Å². The summed E-state index contributed by atoms with van der Waals surface area (Å²) in [5.41, 5.74) is 6.19. The number of aromatic nitrogens is 4. The molecule has 208 valence electrons. The van der Waals surface area contributed by atoms with Gasteiger partial charge in [0, 0.05) is 45.3 Å². The number of fused-ring (bicyclic) bond motifs is 1. The second-order valence-corrected chi connectivity index (χ2v) is 9.54. The second kappa shape index (κ2) is 11.5. The summed E-state index contributed by atoms with van der Waals surface area (Å²) in [5.74, 6) is -0.0938. The molecule has 1 atom stereocenters. The van der Waals surface area contributed by atoms with E-state index in [1.807, 2.05) is 9.80 Å². The van der Waals surface area contributed by atoms with Crippen LogP contribution in [0.2, 0.25) is 0 Å². The average Bonchev–Trinajstić information content (AvgIpc) is 3.33. The van der Waals surface area contributed by atoms with Crippen LogP contribution in [-0.2, 0) is 14.3 Å². The number of hydrogen-bond acceptors (Lipinski definition) is 9. The Morgan fingerprint density at radius 3 is 2.41 bits per heavy atom. The van der Waals surface area contributed by atoms with Gasteiger partial charge in [-0.2, -0.15) is 9.97 Å². The summed E-state index contributed by atoms with van der Waals surface area (Å²) in [4.78, 5) is 43.3. The van der Waals surface area contributed by atoms with E-state index in [2.05, 4.69) is 20.3 Å². The number of para-hydroxylation sites is 2. The van der Waals surface area contributed by atoms with Gasteiger partial charge in [-0.1, -0.05) is 12.1 Å². The maximum atomic E-state index is 14.1. The number of ether oxygens (including phenoxy) is 1. The number of primary amides is 1. The Morgan fingerprint density at radius 2 is 1.72 bits per heavy atom. The summed E-state index contributed by atoms with van der Waals surface area (Å²) in [6.45, 7) is 6.03. The summed E-state index contributed by atoms with van der Waals surface area (Å²) in [6.07, 6.45) is -2.83. The molecule has 0 saturated carbocycles. The largest absolute Gasteiger partial charge is 0.378 e. The first kappa shape index (κ1) is 26.7. The summed E-state index contributed by atoms with van der Waals surface area (Å²) < 4.78 is 35.0. The van der Waals surface area contributed by atoms with Gasteiger partial charge in [0.25, 0.3) is 6.43 Å². The van der Waals surface area contributed by atoms with Crippen molar-refractivity contribution < 1.29 is 23.1 Å². The van der Waals surface area contributed by atoms with Crippen molar-refractivity contribution in [3.05, 3.63) is 36.2 Å². The molecule has 2 saturated heterocycles. The van der Waals surface area contributed by atoms with Gasteiger partial charge in [-0.15, -0.1) is 0 Å². The Labute approximate surface area is 223 Å². The fraction of sp³-hybridized carbons (Fsp3) is 0.480. The molecule has 2 amide bonds. The molecule has 4 heterocycles. The molecule has 0 bridgehead atoms. The number of nitrogens with zero attached hydrogens (tertiary/aromatic N) is 7. The second-order valence-electron chi connectivity index (χ2n) is 9.54. The SMILES string of the molecule is C[C@H](Nc1nc(N2CCOCC2)cc(-n2c(C(F)F)nc3ccccc32)n1)C(=O)N1CCN(CC(N)=O)CC1. The van der Waals surface area contributed by atoms with Crippen LogP contribution in [0.15, 0.2) is 30.3 Å². The zero-order valence-electron chi connectivity index (χ0n) is 21.6. The van der Waals surface area contributed by atoms with Crippen molar-refractivity contribution in [3.63, 3.8) is 0 Å². The summed E-state index contributed by atoms with van der Waals surface area (Å²) in [7, 11) is 0. The van der Waals surface area contributed by atoms with Crippen LogP contribution in [0.5, 0.6) is 0 Å². The molecule has 39 heavy (non-hydrogen) atoms. The minimum atomic E-state index is -2.83. The third kappa shape index (κ3) is 5.91. The van der Waals surface area contributed by atoms with E-state index in [1.165, 1.54) is 4.57 Å². The van der Waals surface area contributed by atoms with E-state index < -0.39 is 24.2 Å². The molecule has 3 aromatic rings. The zero-order chi connectivity index (χ0) is 27.5. The van der Waals surface area contributed by atoms with E-state index in [-0.39, 0.29) is 24.2 Å². The Balaban J connectivity index is 1.44. The van der Waals surface area contributed by atoms with E-state index >= 15 is 0 Å². The van der Waals surface area contributed by atoms with Crippen LogP contribution in [-0.4, -0.2) is 106 Å². The highest BCUT2D eigenvalue weighted by Gasteiger charge is 2.27. The molecule has 14 heteroatoms. The van der Waals surface area contributed by atoms with Crippen molar-refractivity contribution in [1.82, 2.24) is 29.3 Å². The first-order valence-electron chi connectivity index (χ1n) is 12.8. The normalized spacial score (nSPS) is 17.5. The lowest BCUT2D eigenvalue weighted by atomic mass is 10.2. The number of carbonyl (C=O) groups excluding carboxylic acids is 2. The van der Waals surface area contributed by atoms with Crippen LogP contribution in [0.4, 0.5) is 20.5 Å². The minimum Gasteiger partial charge on any atom is -0.378 e. The highest BCUT2D eigenvalue weighted by atomic mass is 19.3. The van der Waals surface area contributed by atoms with Gasteiger partial charge >= 0.3 is 0 Å². The lowest BCUT2D eigenvalue weighted by molar-refractivity contribution is -0.133. The Bertz CT molecular complexity index is 1340. The number of hydrogen-bond donors (Lipinski definition) is 2. The number of morpholine rings is 1. The van der Waals surface area contributed by atoms with Crippen LogP contribution >= 0.6 is 0 Å². The summed E-state index contributed by atoms with van der Waals surface area (Å²) >= 11 is 0. The van der Waals surface area contributed by atoms with E-state index in [0.29, 0.717) is 69.3 Å². The topological polar surface area (TPSA) is 135 Å². The number of nitrogens with two attached hydrogens (primary N) is 1. The maximum absolute atomic E-state index is 14.1. The van der Waals surface area contributed by atoms with Gasteiger partial charge < -0.3 is 25.6 Å². The first-order valence-corrected chi connectivity index (χ1v) is 12.8. The Morgan fingerprint density at radius 1 is 1.03 bits per heavy atom. The molecule has 5 rings (SSSR count). The van der Waals surface area contributed by atoms with Crippen LogP contribution in [0.3, 0.4) is 0 Å². The molecule has 0 radical (unpaired) electrons. The quantitative estimate of drug-likeness (QED) is 0.427. The predicted octanol–water partition coefficient (Wildman–Crippen LogP) is 1.02. The summed E-state index contributed by atoms with van der Waals surface area (Å²) in [5, 5.41) is 3.08. The minimum absolute atomic E-state index is 0.139. The molecule has 0 aliphatic carbocycles. The molecule has 2 fully saturated rings. The number of benzene rings is 1. The van der Waals surface area contributed by atoms with E-state index in [1.54, 1.807) is 42.2 Å². The molecule has 2 aliphatic rings. The van der Waals surface area contributed by atoms with Crippen LogP contribution in [0, 0.1) is 0 Å². The fourth-order valence-corrected chi connectivity index (χ4v) is 4.86. The van der Waals surface area contributed by atoms with Crippen molar-refractivity contribution in [1.29, 1.82) is 0 Å². The van der Waals surface area contributed by atoms with Crippen molar-refractivity contribution in [2.24, 2.45) is 5.73 Å². The van der Waals surface area contributed by atoms with E-state index in [0.717, 1.165) is 0 Å². The van der Waals surface area contributed by atoms with Crippen molar-refractivity contribution in [3.8, 4) is 5.82 Å². The maximum Gasteiger partial charge on any atom is 0.296 e. The number of carbonyl (C=O) groups is 2. The molecule has 2 aromatic heterocycles. The number of alkyl halides is 2. The van der Waals surface area contributed by atoms with Crippen LogP contribution in [0.1, 0.15) is 19.2 Å². The highest BCUT2D eigenvalue weighted by molar-refractivity contribution is 5.84. The molecular formula is C25H31F2N9O3. The Hall–Kier alpha value is -3.91. The van der Waals surface area contributed by atoms with Gasteiger partial charge in [0.05, 0.1) is 30.8 Å². The number of piperazine rings is 1. The lowest BCUT2D eigenvalue weighted by Crippen LogP contribution is -2.53. The number of amides is 2. The van der Waals surface area contributed by atoms with Crippen molar-refractivity contribution in [2.75, 3.05) is 69.2 Å². The van der Waals surface area contributed by atoms with Gasteiger partial charge in [0.2, 0.25) is 17.8 Å². The van der Waals surface area contributed by atoms with Crippen LogP contribution in [0.25, 0.3) is 16.9 Å². The highest BCUT2D eigenvalue weighted by Crippen LogP contribution is 2.29. The molecule has 1 aromatic carbocycles. The molecule has 12 nitrogen and oxygen atoms in total. The van der Waals surface area contributed by atoms with Crippen LogP contribution < -0.4 is 16.0 Å². The number of nitrogens with one attached hydrogen (secondary N) is 1. The fourth-order valence-electron chi connectivity index (χ4n) is 4.86. The zero-order valence-corrected chi connectivity index (χ0v) is 21.6. The van der Waals surface area contributed by atoms with E-state index in [4.69, 9.17) is 10.5 Å².